The SMILES string of the molecule is COc1ccc(NC(=O)C2CC(=O)N(c3ccc(C)c(Cl)c3)C2)cc1. The molecule has 0 aliphatic carbocycles. The lowest BCUT2D eigenvalue weighted by molar-refractivity contribution is -0.122. The minimum Gasteiger partial charge on any atom is -0.497 e. The minimum absolute atomic E-state index is 0.0743. The van der Waals surface area contributed by atoms with Crippen LogP contribution in [0.3, 0.4) is 0 Å². The Morgan fingerprint density at radius 3 is 2.60 bits per heavy atom. The van der Waals surface area contributed by atoms with Crippen molar-refractivity contribution in [3.05, 3.63) is 53.1 Å². The third-order valence-corrected chi connectivity index (χ3v) is 4.73. The molecule has 5 nitrogen and oxygen atoms in total. The predicted molar refractivity (Wildman–Crippen MR) is 98.3 cm³/mol. The van der Waals surface area contributed by atoms with Gasteiger partial charge in [-0.1, -0.05) is 17.7 Å². The Hall–Kier alpha value is -2.53. The van der Waals surface area contributed by atoms with Crippen molar-refractivity contribution in [2.24, 2.45) is 5.92 Å². The van der Waals surface area contributed by atoms with Gasteiger partial charge in [-0.05, 0) is 48.9 Å². The lowest BCUT2D eigenvalue weighted by Gasteiger charge is -2.17. The number of rotatable bonds is 4. The van der Waals surface area contributed by atoms with Crippen molar-refractivity contribution in [3.8, 4) is 5.75 Å². The molecule has 2 aromatic rings. The molecule has 130 valence electrons. The van der Waals surface area contributed by atoms with Crippen molar-refractivity contribution < 1.29 is 14.3 Å². The maximum absolute atomic E-state index is 12.5. The van der Waals surface area contributed by atoms with Crippen LogP contribution < -0.4 is 15.0 Å². The zero-order valence-corrected chi connectivity index (χ0v) is 14.8. The lowest BCUT2D eigenvalue weighted by atomic mass is 10.1. The lowest BCUT2D eigenvalue weighted by Crippen LogP contribution is -2.28. The van der Waals surface area contributed by atoms with E-state index in [-0.39, 0.29) is 18.2 Å². The Morgan fingerprint density at radius 2 is 1.96 bits per heavy atom. The molecule has 1 N–H and O–H groups in total. The van der Waals surface area contributed by atoms with Crippen LogP contribution in [-0.4, -0.2) is 25.5 Å². The van der Waals surface area contributed by atoms with Crippen LogP contribution in [0.15, 0.2) is 42.5 Å². The van der Waals surface area contributed by atoms with E-state index in [1.807, 2.05) is 19.1 Å². The number of amides is 2. The summed E-state index contributed by atoms with van der Waals surface area (Å²) in [7, 11) is 1.59. The zero-order valence-electron chi connectivity index (χ0n) is 14.1. The van der Waals surface area contributed by atoms with E-state index in [1.54, 1.807) is 42.3 Å². The van der Waals surface area contributed by atoms with Crippen LogP contribution >= 0.6 is 11.6 Å². The van der Waals surface area contributed by atoms with E-state index in [0.717, 1.165) is 17.0 Å². The summed E-state index contributed by atoms with van der Waals surface area (Å²) in [4.78, 5) is 26.4. The fourth-order valence-electron chi connectivity index (χ4n) is 2.80. The fraction of sp³-hybridized carbons (Fsp3) is 0.263. The van der Waals surface area contributed by atoms with Gasteiger partial charge in [0.2, 0.25) is 11.8 Å². The molecule has 0 aromatic heterocycles. The summed E-state index contributed by atoms with van der Waals surface area (Å²) in [5.74, 6) is 0.0835. The highest BCUT2D eigenvalue weighted by molar-refractivity contribution is 6.31. The minimum atomic E-state index is -0.394. The predicted octanol–water partition coefficient (Wildman–Crippen LogP) is 3.65. The Bertz CT molecular complexity index is 805. The van der Waals surface area contributed by atoms with Gasteiger partial charge in [0.05, 0.1) is 13.0 Å². The van der Waals surface area contributed by atoms with Crippen molar-refractivity contribution in [3.63, 3.8) is 0 Å². The Labute approximate surface area is 151 Å². The highest BCUT2D eigenvalue weighted by atomic mass is 35.5. The Morgan fingerprint density at radius 1 is 1.24 bits per heavy atom. The zero-order chi connectivity index (χ0) is 18.0. The van der Waals surface area contributed by atoms with Crippen molar-refractivity contribution >= 4 is 34.8 Å². The number of ether oxygens (including phenoxy) is 1. The third kappa shape index (κ3) is 3.77. The van der Waals surface area contributed by atoms with Gasteiger partial charge < -0.3 is 15.0 Å². The van der Waals surface area contributed by atoms with Crippen LogP contribution in [-0.2, 0) is 9.59 Å². The average molecular weight is 359 g/mol. The fourth-order valence-corrected chi connectivity index (χ4v) is 2.98. The molecule has 1 saturated heterocycles. The van der Waals surface area contributed by atoms with Crippen LogP contribution in [0, 0.1) is 12.8 Å². The number of hydrogen-bond donors (Lipinski definition) is 1. The van der Waals surface area contributed by atoms with Gasteiger partial charge in [0.15, 0.2) is 0 Å². The summed E-state index contributed by atoms with van der Waals surface area (Å²) >= 11 is 6.14. The Kier molecular flexibility index (Phi) is 4.95. The van der Waals surface area contributed by atoms with Gasteiger partial charge in [-0.25, -0.2) is 0 Å². The first kappa shape index (κ1) is 17.3. The highest BCUT2D eigenvalue weighted by Crippen LogP contribution is 2.29. The standard InChI is InChI=1S/C19H19ClN2O3/c1-12-3-6-15(10-17(12)20)22-11-13(9-18(22)23)19(24)21-14-4-7-16(25-2)8-5-14/h3-8,10,13H,9,11H2,1-2H3,(H,21,24). The van der Waals surface area contributed by atoms with Gasteiger partial charge in [-0.15, -0.1) is 0 Å². The van der Waals surface area contributed by atoms with Crippen molar-refractivity contribution in [1.82, 2.24) is 0 Å². The number of aryl methyl sites for hydroxylation is 1. The molecular weight excluding hydrogens is 340 g/mol. The van der Waals surface area contributed by atoms with Crippen LogP contribution in [0.4, 0.5) is 11.4 Å². The van der Waals surface area contributed by atoms with Crippen LogP contribution in [0.25, 0.3) is 0 Å². The summed E-state index contributed by atoms with van der Waals surface area (Å²) in [6.07, 6.45) is 0.188. The monoisotopic (exact) mass is 358 g/mol. The van der Waals surface area contributed by atoms with E-state index >= 15 is 0 Å². The number of nitrogens with one attached hydrogen (secondary N) is 1. The molecule has 2 aromatic carbocycles. The maximum Gasteiger partial charge on any atom is 0.229 e. The molecule has 1 unspecified atom stereocenters. The maximum atomic E-state index is 12.5. The molecule has 0 bridgehead atoms. The van der Waals surface area contributed by atoms with Gasteiger partial charge in [-0.3, -0.25) is 9.59 Å². The second kappa shape index (κ2) is 7.15. The van der Waals surface area contributed by atoms with Crippen molar-refractivity contribution in [2.45, 2.75) is 13.3 Å². The van der Waals surface area contributed by atoms with Crippen LogP contribution in [0.1, 0.15) is 12.0 Å². The molecule has 3 rings (SSSR count). The molecule has 0 radical (unpaired) electrons. The van der Waals surface area contributed by atoms with E-state index in [1.165, 1.54) is 0 Å². The largest absolute Gasteiger partial charge is 0.497 e. The first-order chi connectivity index (χ1) is 12.0. The molecule has 25 heavy (non-hydrogen) atoms. The molecule has 1 heterocycles. The smallest absolute Gasteiger partial charge is 0.229 e. The number of halogens is 1. The number of nitrogens with zero attached hydrogens (tertiary/aromatic N) is 1. The van der Waals surface area contributed by atoms with E-state index in [2.05, 4.69) is 5.32 Å². The molecule has 6 heteroatoms. The number of hydrogen-bond acceptors (Lipinski definition) is 3. The molecule has 1 fully saturated rings. The molecule has 0 saturated carbocycles. The summed E-state index contributed by atoms with van der Waals surface area (Å²) < 4.78 is 5.09. The number of methoxy groups -OCH3 is 1. The molecule has 1 aliphatic heterocycles. The summed E-state index contributed by atoms with van der Waals surface area (Å²) in [6, 6.07) is 12.6. The van der Waals surface area contributed by atoms with Gasteiger partial charge in [0.25, 0.3) is 0 Å². The number of benzene rings is 2. The summed E-state index contributed by atoms with van der Waals surface area (Å²) in [6.45, 7) is 2.25. The molecule has 1 atom stereocenters. The van der Waals surface area contributed by atoms with Crippen molar-refractivity contribution in [1.29, 1.82) is 0 Å². The van der Waals surface area contributed by atoms with Crippen molar-refractivity contribution in [2.75, 3.05) is 23.9 Å². The van der Waals surface area contributed by atoms with Gasteiger partial charge >= 0.3 is 0 Å². The molecule has 2 amide bonds. The van der Waals surface area contributed by atoms with Gasteiger partial charge in [0.1, 0.15) is 5.75 Å². The molecule has 0 spiro atoms. The molecule has 1 aliphatic rings. The van der Waals surface area contributed by atoms with E-state index in [9.17, 15) is 9.59 Å². The quantitative estimate of drug-likeness (QED) is 0.907. The van der Waals surface area contributed by atoms with E-state index < -0.39 is 5.92 Å². The topological polar surface area (TPSA) is 58.6 Å². The number of carbonyl (C=O) groups is 2. The van der Waals surface area contributed by atoms with Crippen LogP contribution in [0.2, 0.25) is 5.02 Å². The second-order valence-electron chi connectivity index (χ2n) is 6.06. The Balaban J connectivity index is 1.68. The first-order valence-electron chi connectivity index (χ1n) is 7.99. The third-order valence-electron chi connectivity index (χ3n) is 4.32. The highest BCUT2D eigenvalue weighted by Gasteiger charge is 2.35. The van der Waals surface area contributed by atoms with Gasteiger partial charge in [-0.2, -0.15) is 0 Å². The average Bonchev–Trinajstić information content (AvgIpc) is 3.00. The first-order valence-corrected chi connectivity index (χ1v) is 8.37. The number of carbonyl (C=O) groups excluding carboxylic acids is 2. The normalized spacial score (nSPS) is 16.8. The summed E-state index contributed by atoms with van der Waals surface area (Å²) in [5, 5.41) is 3.46. The molecular formula is C19H19ClN2O3. The van der Waals surface area contributed by atoms with Crippen LogP contribution in [0.5, 0.6) is 5.75 Å². The van der Waals surface area contributed by atoms with Gasteiger partial charge in [0, 0.05) is 29.4 Å². The second-order valence-corrected chi connectivity index (χ2v) is 6.46. The summed E-state index contributed by atoms with van der Waals surface area (Å²) in [5.41, 5.74) is 2.35. The van der Waals surface area contributed by atoms with E-state index in [4.69, 9.17) is 16.3 Å². The number of anilines is 2. The van der Waals surface area contributed by atoms with E-state index in [0.29, 0.717) is 17.3 Å².